The van der Waals surface area contributed by atoms with Crippen molar-refractivity contribution in [3.8, 4) is 11.3 Å². The fraction of sp³-hybridized carbons (Fsp3) is 0.455. The average Bonchev–Trinajstić information content (AvgIpc) is 3.42. The van der Waals surface area contributed by atoms with Gasteiger partial charge in [-0.1, -0.05) is 11.6 Å². The Kier molecular flexibility index (Phi) is 10.2. The summed E-state index contributed by atoms with van der Waals surface area (Å²) in [5.74, 6) is -5.75. The normalized spacial score (nSPS) is 23.8. The van der Waals surface area contributed by atoms with Gasteiger partial charge >= 0.3 is 23.9 Å². The van der Waals surface area contributed by atoms with Crippen LogP contribution in [0.4, 0.5) is 20.3 Å². The topological polar surface area (TPSA) is 206 Å². The van der Waals surface area contributed by atoms with Crippen molar-refractivity contribution in [2.45, 2.75) is 83.9 Å². The second-order valence-electron chi connectivity index (χ2n) is 12.7. The predicted octanol–water partition coefficient (Wildman–Crippen LogP) is 3.27. The summed E-state index contributed by atoms with van der Waals surface area (Å²) >= 11 is 6.81. The Morgan fingerprint density at radius 3 is 2.28 bits per heavy atom. The van der Waals surface area contributed by atoms with Crippen molar-refractivity contribution in [1.29, 1.82) is 0 Å². The number of ether oxygens (including phenoxy) is 5. The van der Waals surface area contributed by atoms with E-state index in [2.05, 4.69) is 25.5 Å². The van der Waals surface area contributed by atoms with Crippen molar-refractivity contribution in [3.63, 3.8) is 0 Å². The molecule has 4 heterocycles. The molecule has 53 heavy (non-hydrogen) atoms. The molecule has 0 bridgehead atoms. The van der Waals surface area contributed by atoms with Gasteiger partial charge in [0.05, 0.1) is 47.9 Å². The average molecular weight is 762 g/mol. The minimum Gasteiger partial charge on any atom is -0.467 e. The number of nitrogens with one attached hydrogen (secondary N) is 2. The fourth-order valence-corrected chi connectivity index (χ4v) is 6.62. The van der Waals surface area contributed by atoms with Crippen LogP contribution in [-0.4, -0.2) is 104 Å². The Bertz CT molecular complexity index is 2130. The molecule has 17 nitrogen and oxygen atoms in total. The van der Waals surface area contributed by atoms with Gasteiger partial charge < -0.3 is 38.3 Å². The third kappa shape index (κ3) is 7.17. The zero-order valence-electron chi connectivity index (χ0n) is 29.1. The van der Waals surface area contributed by atoms with Crippen LogP contribution in [0.25, 0.3) is 27.8 Å². The Labute approximate surface area is 304 Å². The van der Waals surface area contributed by atoms with E-state index in [-0.39, 0.29) is 40.1 Å². The molecule has 1 aliphatic heterocycles. The molecule has 1 aromatic carbocycles. The van der Waals surface area contributed by atoms with Crippen LogP contribution in [0.15, 0.2) is 24.8 Å². The van der Waals surface area contributed by atoms with E-state index in [9.17, 15) is 28.4 Å². The Morgan fingerprint density at radius 2 is 1.68 bits per heavy atom. The first kappa shape index (κ1) is 37.3. The van der Waals surface area contributed by atoms with Crippen LogP contribution in [0.1, 0.15) is 41.0 Å². The Morgan fingerprint density at radius 1 is 1.04 bits per heavy atom. The fourth-order valence-electron chi connectivity index (χ4n) is 6.33. The van der Waals surface area contributed by atoms with Gasteiger partial charge in [0.25, 0.3) is 0 Å². The number of alkyl halides is 1. The largest absolute Gasteiger partial charge is 0.467 e. The number of rotatable bonds is 10. The van der Waals surface area contributed by atoms with Crippen LogP contribution in [0.5, 0.6) is 0 Å². The number of fused-ring (bicyclic) bond motifs is 2. The van der Waals surface area contributed by atoms with Gasteiger partial charge in [-0.3, -0.25) is 29.3 Å². The summed E-state index contributed by atoms with van der Waals surface area (Å²) in [4.78, 5) is 72.5. The maximum Gasteiger partial charge on any atom is 0.339 e. The summed E-state index contributed by atoms with van der Waals surface area (Å²) in [7, 11) is 1.05. The molecule has 0 spiro atoms. The Balaban J connectivity index is 1.47. The first-order valence-corrected chi connectivity index (χ1v) is 16.7. The second kappa shape index (κ2) is 14.5. The van der Waals surface area contributed by atoms with Crippen molar-refractivity contribution < 1.29 is 56.4 Å². The molecule has 3 aromatic heterocycles. The van der Waals surface area contributed by atoms with Gasteiger partial charge in [0.1, 0.15) is 11.9 Å². The van der Waals surface area contributed by atoms with E-state index in [0.717, 1.165) is 27.9 Å². The standard InChI is InChI=1S/C33H34ClF2N7O10/c1-12(2)43(32-29(52-15(5)46)27(50-13(3)44)28(51-14(4)45)30(53-32)33(48)49-6)26-24(36)23(34)22(17-8-38-41-25(17)26)19-10-42-11-20(39-21(42)9-37-19)40-31(47)16-7-18(16)35/h8-12,16,18,27-30,32H,7H2,1-6H3,(H,38,41)(H,40,47)/t16-,18+,27?,28?,29?,30?,32?/m1/s1. The number of aromatic nitrogens is 5. The molecular formula is C33H34ClF2N7O10. The summed E-state index contributed by atoms with van der Waals surface area (Å²) in [6.45, 7) is 6.47. The number of hydrogen-bond donors (Lipinski definition) is 2. The van der Waals surface area contributed by atoms with Gasteiger partial charge in [0, 0.05) is 44.0 Å². The van der Waals surface area contributed by atoms with E-state index < -0.39 is 89.4 Å². The highest BCUT2D eigenvalue weighted by atomic mass is 35.5. The number of imidazole rings is 1. The van der Waals surface area contributed by atoms with Crippen molar-refractivity contribution in [1.82, 2.24) is 24.6 Å². The van der Waals surface area contributed by atoms with E-state index in [1.807, 2.05) is 0 Å². The molecule has 2 N–H and O–H groups in total. The van der Waals surface area contributed by atoms with Crippen LogP contribution in [0.3, 0.4) is 0 Å². The van der Waals surface area contributed by atoms with Crippen molar-refractivity contribution in [2.24, 2.45) is 5.92 Å². The maximum absolute atomic E-state index is 17.0. The number of anilines is 2. The summed E-state index contributed by atoms with van der Waals surface area (Å²) < 4.78 is 59.5. The molecule has 1 aliphatic carbocycles. The van der Waals surface area contributed by atoms with E-state index in [4.69, 9.17) is 35.3 Å². The SMILES string of the molecule is COC(=O)C1OC(N(c2c(F)c(Cl)c(-c3cn4cc(NC(=O)[C@@H]5C[C@@H]5F)nc4cn3)c3cn[nH]c23)C(C)C)C(OC(C)=O)C(OC(C)=O)C1OC(C)=O. The van der Waals surface area contributed by atoms with E-state index in [0.29, 0.717) is 5.65 Å². The molecule has 282 valence electrons. The number of carbonyl (C=O) groups is 5. The predicted molar refractivity (Wildman–Crippen MR) is 180 cm³/mol. The van der Waals surface area contributed by atoms with Gasteiger partial charge in [0.2, 0.25) is 5.91 Å². The smallest absolute Gasteiger partial charge is 0.339 e. The highest BCUT2D eigenvalue weighted by Crippen LogP contribution is 2.45. The molecule has 20 heteroatoms. The molecule has 1 saturated heterocycles. The third-order valence-electron chi connectivity index (χ3n) is 8.61. The number of carbonyl (C=O) groups excluding carboxylic acids is 5. The van der Waals surface area contributed by atoms with Gasteiger partial charge in [-0.15, -0.1) is 0 Å². The quantitative estimate of drug-likeness (QED) is 0.176. The molecule has 1 saturated carbocycles. The van der Waals surface area contributed by atoms with Crippen LogP contribution >= 0.6 is 11.6 Å². The van der Waals surface area contributed by atoms with Gasteiger partial charge in [-0.05, 0) is 20.3 Å². The lowest BCUT2D eigenvalue weighted by molar-refractivity contribution is -0.249. The lowest BCUT2D eigenvalue weighted by Gasteiger charge is -2.48. The van der Waals surface area contributed by atoms with Gasteiger partial charge in [-0.25, -0.2) is 18.6 Å². The van der Waals surface area contributed by atoms with E-state index in [1.165, 1.54) is 34.1 Å². The molecule has 5 unspecified atom stereocenters. The van der Waals surface area contributed by atoms with Crippen LogP contribution in [-0.2, 0) is 47.7 Å². The van der Waals surface area contributed by atoms with Crippen LogP contribution in [0.2, 0.25) is 5.02 Å². The molecule has 6 rings (SSSR count). The maximum atomic E-state index is 17.0. The zero-order chi connectivity index (χ0) is 38.5. The molecular weight excluding hydrogens is 728 g/mol. The Hall–Kier alpha value is -5.43. The number of benzene rings is 1. The minimum atomic E-state index is -1.75. The first-order valence-electron chi connectivity index (χ1n) is 16.3. The lowest BCUT2D eigenvalue weighted by Crippen LogP contribution is -2.68. The number of amides is 1. The summed E-state index contributed by atoms with van der Waals surface area (Å²) in [5, 5.41) is 9.35. The summed E-state index contributed by atoms with van der Waals surface area (Å²) in [5.41, 5.74) is 0.445. The number of H-pyrrole nitrogens is 1. The molecule has 7 atom stereocenters. The number of esters is 4. The highest BCUT2D eigenvalue weighted by Gasteiger charge is 2.57. The van der Waals surface area contributed by atoms with E-state index in [1.54, 1.807) is 13.8 Å². The van der Waals surface area contributed by atoms with E-state index >= 15 is 4.39 Å². The second-order valence-corrected chi connectivity index (χ2v) is 13.1. The number of halogens is 3. The first-order chi connectivity index (χ1) is 25.1. The molecule has 2 fully saturated rings. The monoisotopic (exact) mass is 761 g/mol. The van der Waals surface area contributed by atoms with Crippen LogP contribution in [0, 0.1) is 11.7 Å². The van der Waals surface area contributed by atoms with Gasteiger partial charge in [-0.2, -0.15) is 5.10 Å². The van der Waals surface area contributed by atoms with Gasteiger partial charge in [0.15, 0.2) is 47.9 Å². The molecule has 1 amide bonds. The number of aromatic amines is 1. The number of methoxy groups -OCH3 is 1. The third-order valence-corrected chi connectivity index (χ3v) is 8.96. The van der Waals surface area contributed by atoms with Crippen molar-refractivity contribution >= 4 is 69.4 Å². The zero-order valence-corrected chi connectivity index (χ0v) is 29.8. The van der Waals surface area contributed by atoms with Crippen molar-refractivity contribution in [2.75, 3.05) is 17.3 Å². The number of hydrogen-bond acceptors (Lipinski definition) is 14. The number of nitrogens with zero attached hydrogens (tertiary/aromatic N) is 5. The van der Waals surface area contributed by atoms with Crippen LogP contribution < -0.4 is 10.2 Å². The molecule has 2 aliphatic rings. The lowest BCUT2D eigenvalue weighted by atomic mass is 9.95. The highest BCUT2D eigenvalue weighted by molar-refractivity contribution is 6.36. The summed E-state index contributed by atoms with van der Waals surface area (Å²) in [6.07, 6.45) is -3.55. The molecule has 0 radical (unpaired) electrons. The minimum absolute atomic E-state index is 0.0761. The summed E-state index contributed by atoms with van der Waals surface area (Å²) in [6, 6.07) is -0.722. The molecule has 4 aromatic rings. The van der Waals surface area contributed by atoms with Crippen molar-refractivity contribution in [3.05, 3.63) is 35.6 Å².